The molecule has 0 saturated carbocycles. The van der Waals surface area contributed by atoms with Gasteiger partial charge < -0.3 is 15.5 Å². The number of ketones is 1. The third kappa shape index (κ3) is 4.08. The summed E-state index contributed by atoms with van der Waals surface area (Å²) >= 11 is 0. The summed E-state index contributed by atoms with van der Waals surface area (Å²) in [6.45, 7) is 11.4. The lowest BCUT2D eigenvalue weighted by Gasteiger charge is -2.21. The molecule has 0 fully saturated rings. The Morgan fingerprint density at radius 3 is 2.77 bits per heavy atom. The molecule has 1 aromatic rings. The first-order valence-corrected chi connectivity index (χ1v) is 8.56. The average Bonchev–Trinajstić information content (AvgIpc) is 3.02. The molecule has 0 aliphatic carbocycles. The molecule has 0 radical (unpaired) electrons. The Bertz CT molecular complexity index is 497. The lowest BCUT2D eigenvalue weighted by atomic mass is 9.99. The predicted molar refractivity (Wildman–Crippen MR) is 92.8 cm³/mol. The molecule has 0 saturated heterocycles. The van der Waals surface area contributed by atoms with Gasteiger partial charge in [0.05, 0.1) is 6.04 Å². The van der Waals surface area contributed by atoms with Crippen molar-refractivity contribution >= 4 is 11.5 Å². The van der Waals surface area contributed by atoms with Gasteiger partial charge in [0.1, 0.15) is 0 Å². The van der Waals surface area contributed by atoms with E-state index in [-0.39, 0.29) is 11.8 Å². The number of hydrogen-bond acceptors (Lipinski definition) is 4. The number of likely N-dealkylation sites (N-methyl/N-ethyl adjacent to an activating group) is 1. The fraction of sp³-hybridized carbons (Fsp3) is 0.611. The maximum atomic E-state index is 12.7. The molecule has 0 aromatic heterocycles. The molecule has 1 heterocycles. The Balaban J connectivity index is 1.94. The fourth-order valence-electron chi connectivity index (χ4n) is 3.02. The van der Waals surface area contributed by atoms with Crippen molar-refractivity contribution in [2.24, 2.45) is 0 Å². The minimum Gasteiger partial charge on any atom is -0.384 e. The Kier molecular flexibility index (Phi) is 6.40. The van der Waals surface area contributed by atoms with Crippen LogP contribution in [0, 0.1) is 0 Å². The van der Waals surface area contributed by atoms with E-state index in [1.165, 1.54) is 11.3 Å². The Hall–Kier alpha value is -1.39. The molecule has 0 spiro atoms. The van der Waals surface area contributed by atoms with Crippen LogP contribution < -0.4 is 10.6 Å². The first-order chi connectivity index (χ1) is 10.7. The zero-order valence-corrected chi connectivity index (χ0v) is 14.1. The number of nitrogens with one attached hydrogen (secondary N) is 2. The molecular weight excluding hydrogens is 274 g/mol. The van der Waals surface area contributed by atoms with Crippen molar-refractivity contribution in [2.45, 2.75) is 39.7 Å². The Morgan fingerprint density at radius 1 is 1.32 bits per heavy atom. The standard InChI is InChI=1S/C18H29N3O/c1-4-16(20-11-12-21(5-2)6-3)18(22)15-7-8-17-14(13-15)9-10-19-17/h7-8,13,16,19-20H,4-6,9-12H2,1-3H3. The summed E-state index contributed by atoms with van der Waals surface area (Å²) in [5, 5.41) is 6.76. The van der Waals surface area contributed by atoms with Crippen LogP contribution in [0.5, 0.6) is 0 Å². The highest BCUT2D eigenvalue weighted by Gasteiger charge is 2.20. The third-order valence-electron chi connectivity index (χ3n) is 4.54. The van der Waals surface area contributed by atoms with Gasteiger partial charge in [-0.1, -0.05) is 20.8 Å². The predicted octanol–water partition coefficient (Wildman–Crippen LogP) is 2.55. The van der Waals surface area contributed by atoms with E-state index in [2.05, 4.69) is 42.4 Å². The van der Waals surface area contributed by atoms with Gasteiger partial charge in [-0.15, -0.1) is 0 Å². The van der Waals surface area contributed by atoms with Gasteiger partial charge in [-0.05, 0) is 49.7 Å². The second kappa shape index (κ2) is 8.30. The topological polar surface area (TPSA) is 44.4 Å². The van der Waals surface area contributed by atoms with Crippen LogP contribution in [0.3, 0.4) is 0 Å². The zero-order chi connectivity index (χ0) is 15.9. The van der Waals surface area contributed by atoms with E-state index < -0.39 is 0 Å². The van der Waals surface area contributed by atoms with Crippen LogP contribution >= 0.6 is 0 Å². The van der Waals surface area contributed by atoms with Crippen molar-refractivity contribution in [1.82, 2.24) is 10.2 Å². The van der Waals surface area contributed by atoms with Crippen molar-refractivity contribution in [3.05, 3.63) is 29.3 Å². The molecule has 1 aliphatic heterocycles. The van der Waals surface area contributed by atoms with Gasteiger partial charge in [-0.25, -0.2) is 0 Å². The number of carbonyl (C=O) groups excluding carboxylic acids is 1. The van der Waals surface area contributed by atoms with Crippen molar-refractivity contribution < 1.29 is 4.79 Å². The van der Waals surface area contributed by atoms with Gasteiger partial charge >= 0.3 is 0 Å². The van der Waals surface area contributed by atoms with Gasteiger partial charge in [-0.2, -0.15) is 0 Å². The lowest BCUT2D eigenvalue weighted by molar-refractivity contribution is 0.0938. The maximum Gasteiger partial charge on any atom is 0.179 e. The van der Waals surface area contributed by atoms with Crippen molar-refractivity contribution in [3.8, 4) is 0 Å². The molecule has 2 rings (SSSR count). The number of nitrogens with zero attached hydrogens (tertiary/aromatic N) is 1. The number of benzene rings is 1. The van der Waals surface area contributed by atoms with Crippen LogP contribution in [0.25, 0.3) is 0 Å². The molecule has 1 aliphatic rings. The molecule has 2 N–H and O–H groups in total. The van der Waals surface area contributed by atoms with Crippen LogP contribution in [-0.2, 0) is 6.42 Å². The van der Waals surface area contributed by atoms with Gasteiger partial charge in [0.2, 0.25) is 0 Å². The maximum absolute atomic E-state index is 12.7. The largest absolute Gasteiger partial charge is 0.384 e. The van der Waals surface area contributed by atoms with Crippen LogP contribution in [0.15, 0.2) is 18.2 Å². The summed E-state index contributed by atoms with van der Waals surface area (Å²) in [7, 11) is 0. The van der Waals surface area contributed by atoms with E-state index in [9.17, 15) is 4.79 Å². The summed E-state index contributed by atoms with van der Waals surface area (Å²) in [5.74, 6) is 0.219. The summed E-state index contributed by atoms with van der Waals surface area (Å²) < 4.78 is 0. The van der Waals surface area contributed by atoms with E-state index >= 15 is 0 Å². The third-order valence-corrected chi connectivity index (χ3v) is 4.54. The minimum absolute atomic E-state index is 0.0806. The second-order valence-electron chi connectivity index (χ2n) is 5.85. The van der Waals surface area contributed by atoms with Crippen LogP contribution in [0.1, 0.15) is 43.1 Å². The second-order valence-corrected chi connectivity index (χ2v) is 5.85. The highest BCUT2D eigenvalue weighted by atomic mass is 16.1. The number of hydrogen-bond donors (Lipinski definition) is 2. The van der Waals surface area contributed by atoms with Crippen molar-refractivity contribution in [3.63, 3.8) is 0 Å². The lowest BCUT2D eigenvalue weighted by Crippen LogP contribution is -2.41. The van der Waals surface area contributed by atoms with E-state index in [4.69, 9.17) is 0 Å². The molecule has 122 valence electrons. The van der Waals surface area contributed by atoms with Crippen LogP contribution in [-0.4, -0.2) is 49.4 Å². The SMILES string of the molecule is CCC(NCCN(CC)CC)C(=O)c1ccc2c(c1)CCN2. The first kappa shape index (κ1) is 17.0. The van der Waals surface area contributed by atoms with Gasteiger partial charge in [0.25, 0.3) is 0 Å². The number of rotatable bonds is 9. The highest BCUT2D eigenvalue weighted by molar-refractivity contribution is 6.00. The highest BCUT2D eigenvalue weighted by Crippen LogP contribution is 2.23. The fourth-order valence-corrected chi connectivity index (χ4v) is 3.02. The van der Waals surface area contributed by atoms with E-state index in [1.807, 2.05) is 12.1 Å². The minimum atomic E-state index is -0.0806. The number of anilines is 1. The normalized spacial score (nSPS) is 14.7. The number of Topliss-reactive ketones (excluding diaryl/α,β-unsaturated/α-hetero) is 1. The summed E-state index contributed by atoms with van der Waals surface area (Å²) in [6.07, 6.45) is 1.84. The zero-order valence-electron chi connectivity index (χ0n) is 14.1. The monoisotopic (exact) mass is 303 g/mol. The molecule has 22 heavy (non-hydrogen) atoms. The Labute approximate surface area is 134 Å². The number of carbonyl (C=O) groups is 1. The van der Waals surface area contributed by atoms with Crippen molar-refractivity contribution in [1.29, 1.82) is 0 Å². The van der Waals surface area contributed by atoms with Crippen LogP contribution in [0.4, 0.5) is 5.69 Å². The quantitative estimate of drug-likeness (QED) is 0.688. The summed E-state index contributed by atoms with van der Waals surface area (Å²) in [4.78, 5) is 15.1. The summed E-state index contributed by atoms with van der Waals surface area (Å²) in [6, 6.07) is 5.97. The Morgan fingerprint density at radius 2 is 2.09 bits per heavy atom. The molecular formula is C18H29N3O. The average molecular weight is 303 g/mol. The van der Waals surface area contributed by atoms with Crippen molar-refractivity contribution in [2.75, 3.05) is 38.0 Å². The van der Waals surface area contributed by atoms with E-state index in [1.54, 1.807) is 0 Å². The molecule has 4 nitrogen and oxygen atoms in total. The van der Waals surface area contributed by atoms with Gasteiger partial charge in [0, 0.05) is 30.9 Å². The molecule has 1 aromatic carbocycles. The smallest absolute Gasteiger partial charge is 0.179 e. The van der Waals surface area contributed by atoms with E-state index in [0.717, 1.165) is 51.1 Å². The molecule has 4 heteroatoms. The molecule has 0 bridgehead atoms. The first-order valence-electron chi connectivity index (χ1n) is 8.56. The molecule has 1 unspecified atom stereocenters. The van der Waals surface area contributed by atoms with E-state index in [0.29, 0.717) is 0 Å². The summed E-state index contributed by atoms with van der Waals surface area (Å²) in [5.41, 5.74) is 3.28. The van der Waals surface area contributed by atoms with Gasteiger partial charge in [0.15, 0.2) is 5.78 Å². The molecule has 0 amide bonds. The van der Waals surface area contributed by atoms with Gasteiger partial charge in [-0.3, -0.25) is 4.79 Å². The van der Waals surface area contributed by atoms with Crippen LogP contribution in [0.2, 0.25) is 0 Å². The number of fused-ring (bicyclic) bond motifs is 1. The molecule has 1 atom stereocenters.